The van der Waals surface area contributed by atoms with Gasteiger partial charge in [0.15, 0.2) is 0 Å². The number of carbonyl (C=O) groups is 1. The molecule has 0 aliphatic carbocycles. The highest BCUT2D eigenvalue weighted by molar-refractivity contribution is 5.97. The fourth-order valence-corrected chi connectivity index (χ4v) is 3.56. The molecule has 2 fully saturated rings. The largest absolute Gasteiger partial charge is 0.387 e. The van der Waals surface area contributed by atoms with Crippen LogP contribution in [0, 0.1) is 11.3 Å². The molecule has 6 nitrogen and oxygen atoms in total. The highest BCUT2D eigenvalue weighted by atomic mass is 16.5. The van der Waals surface area contributed by atoms with Gasteiger partial charge in [0.25, 0.3) is 5.91 Å². The van der Waals surface area contributed by atoms with Crippen molar-refractivity contribution in [2.24, 2.45) is 0 Å². The quantitative estimate of drug-likeness (QED) is 0.568. The fraction of sp³-hybridized carbons (Fsp3) is 0.524. The number of likely N-dealkylation sites (tertiary alicyclic amines) is 1. The lowest BCUT2D eigenvalue weighted by Crippen LogP contribution is -2.41. The van der Waals surface area contributed by atoms with Crippen LogP contribution >= 0.6 is 0 Å². The van der Waals surface area contributed by atoms with Crippen molar-refractivity contribution in [2.75, 3.05) is 26.2 Å². The number of carbonyl (C=O) groups excluding carboxylic acids is 1. The number of piperidine rings is 1. The van der Waals surface area contributed by atoms with Gasteiger partial charge in [-0.05, 0) is 31.2 Å². The lowest BCUT2D eigenvalue weighted by atomic mass is 10.0. The molecule has 2 aliphatic heterocycles. The number of rotatable bonds is 7. The van der Waals surface area contributed by atoms with Gasteiger partial charge in [-0.15, -0.1) is 0 Å². The maximum Gasteiger partial charge on any atom is 0.263 e. The van der Waals surface area contributed by atoms with Gasteiger partial charge < -0.3 is 15.4 Å². The minimum atomic E-state index is -0.331. The second kappa shape index (κ2) is 10.1. The summed E-state index contributed by atoms with van der Waals surface area (Å²) >= 11 is 0. The first-order valence-corrected chi connectivity index (χ1v) is 9.77. The average Bonchev–Trinajstić information content (AvgIpc) is 3.22. The molecule has 0 radical (unpaired) electrons. The summed E-state index contributed by atoms with van der Waals surface area (Å²) in [6.45, 7) is 4.21. The fourth-order valence-electron chi connectivity index (χ4n) is 3.56. The van der Waals surface area contributed by atoms with Gasteiger partial charge in [-0.2, -0.15) is 5.26 Å². The molecule has 0 aromatic heterocycles. The predicted octanol–water partition coefficient (Wildman–Crippen LogP) is 1.94. The average molecular weight is 368 g/mol. The van der Waals surface area contributed by atoms with Crippen molar-refractivity contribution in [3.63, 3.8) is 0 Å². The third-order valence-corrected chi connectivity index (χ3v) is 5.18. The lowest BCUT2D eigenvalue weighted by molar-refractivity contribution is -0.117. The summed E-state index contributed by atoms with van der Waals surface area (Å²) in [4.78, 5) is 14.6. The van der Waals surface area contributed by atoms with Crippen LogP contribution in [-0.2, 0) is 16.1 Å². The number of ether oxygens (including phenoxy) is 1. The molecule has 1 atom stereocenters. The molecule has 1 aromatic rings. The Kier molecular flexibility index (Phi) is 7.26. The van der Waals surface area contributed by atoms with Crippen LogP contribution in [-0.4, -0.2) is 49.2 Å². The summed E-state index contributed by atoms with van der Waals surface area (Å²) in [5, 5.41) is 15.3. The molecule has 6 heteroatoms. The third-order valence-electron chi connectivity index (χ3n) is 5.18. The first-order chi connectivity index (χ1) is 13.2. The summed E-state index contributed by atoms with van der Waals surface area (Å²) in [6.07, 6.45) is 5.65. The number of hydrogen-bond acceptors (Lipinski definition) is 5. The number of nitrogens with zero attached hydrogens (tertiary/aromatic N) is 2. The van der Waals surface area contributed by atoms with Crippen LogP contribution in [0.4, 0.5) is 0 Å². The van der Waals surface area contributed by atoms with E-state index in [1.54, 1.807) is 6.20 Å². The monoisotopic (exact) mass is 368 g/mol. The Balaban J connectivity index is 1.40. The van der Waals surface area contributed by atoms with Gasteiger partial charge in [0, 0.05) is 45.0 Å². The summed E-state index contributed by atoms with van der Waals surface area (Å²) in [6, 6.07) is 12.8. The number of benzene rings is 1. The van der Waals surface area contributed by atoms with Gasteiger partial charge in [-0.25, -0.2) is 0 Å². The first kappa shape index (κ1) is 19.4. The highest BCUT2D eigenvalue weighted by Gasteiger charge is 2.20. The predicted molar refractivity (Wildman–Crippen MR) is 104 cm³/mol. The van der Waals surface area contributed by atoms with Crippen LogP contribution in [0.15, 0.2) is 42.1 Å². The first-order valence-electron chi connectivity index (χ1n) is 9.77. The molecule has 2 N–H and O–H groups in total. The van der Waals surface area contributed by atoms with E-state index >= 15 is 0 Å². The van der Waals surface area contributed by atoms with Crippen LogP contribution in [0.2, 0.25) is 0 Å². The zero-order valence-corrected chi connectivity index (χ0v) is 15.7. The summed E-state index contributed by atoms with van der Waals surface area (Å²) < 4.78 is 5.49. The van der Waals surface area contributed by atoms with Crippen molar-refractivity contribution in [3.8, 4) is 6.07 Å². The van der Waals surface area contributed by atoms with Gasteiger partial charge in [-0.1, -0.05) is 30.3 Å². The SMILES string of the molecule is N#C/C(=C/NC1CCN(Cc2ccccc2)CC1)C(=O)NCC1CCCO1. The van der Waals surface area contributed by atoms with Gasteiger partial charge in [0.1, 0.15) is 11.6 Å². The van der Waals surface area contributed by atoms with Gasteiger partial charge in [0.05, 0.1) is 6.10 Å². The van der Waals surface area contributed by atoms with E-state index in [1.165, 1.54) is 5.56 Å². The second-order valence-electron chi connectivity index (χ2n) is 7.22. The number of nitrogens with one attached hydrogen (secondary N) is 2. The summed E-state index contributed by atoms with van der Waals surface area (Å²) in [5.41, 5.74) is 1.46. The lowest BCUT2D eigenvalue weighted by Gasteiger charge is -2.32. The Hall–Kier alpha value is -2.36. The van der Waals surface area contributed by atoms with Crippen molar-refractivity contribution in [1.29, 1.82) is 5.26 Å². The number of nitriles is 1. The van der Waals surface area contributed by atoms with E-state index in [-0.39, 0.29) is 17.6 Å². The van der Waals surface area contributed by atoms with Crippen LogP contribution in [0.5, 0.6) is 0 Å². The normalized spacial score (nSPS) is 21.6. The molecule has 2 saturated heterocycles. The molecule has 1 aromatic carbocycles. The topological polar surface area (TPSA) is 77.4 Å². The molecule has 0 saturated carbocycles. The van der Waals surface area contributed by atoms with Crippen molar-refractivity contribution < 1.29 is 9.53 Å². The zero-order valence-electron chi connectivity index (χ0n) is 15.7. The Morgan fingerprint density at radius 2 is 2.04 bits per heavy atom. The van der Waals surface area contributed by atoms with Crippen molar-refractivity contribution in [2.45, 2.75) is 44.4 Å². The molecular formula is C21H28N4O2. The summed E-state index contributed by atoms with van der Waals surface area (Å²) in [7, 11) is 0. The van der Waals surface area contributed by atoms with Crippen molar-refractivity contribution in [1.82, 2.24) is 15.5 Å². The van der Waals surface area contributed by atoms with E-state index in [1.807, 2.05) is 12.1 Å². The Labute approximate surface area is 161 Å². The zero-order chi connectivity index (χ0) is 18.9. The standard InChI is InChI=1S/C21H28N4O2/c22-13-18(21(26)24-15-20-7-4-12-27-20)14-23-19-8-10-25(11-9-19)16-17-5-2-1-3-6-17/h1-3,5-6,14,19-20,23H,4,7-12,15-16H2,(H,24,26)/b18-14-. The smallest absolute Gasteiger partial charge is 0.263 e. The molecule has 1 amide bonds. The molecule has 3 rings (SSSR count). The van der Waals surface area contributed by atoms with E-state index in [0.29, 0.717) is 12.6 Å². The second-order valence-corrected chi connectivity index (χ2v) is 7.22. The molecule has 1 unspecified atom stereocenters. The molecule has 27 heavy (non-hydrogen) atoms. The van der Waals surface area contributed by atoms with Crippen LogP contribution < -0.4 is 10.6 Å². The maximum atomic E-state index is 12.2. The van der Waals surface area contributed by atoms with E-state index in [2.05, 4.69) is 39.8 Å². The minimum Gasteiger partial charge on any atom is -0.387 e. The minimum absolute atomic E-state index is 0.0794. The van der Waals surface area contributed by atoms with Crippen LogP contribution in [0.3, 0.4) is 0 Å². The van der Waals surface area contributed by atoms with E-state index in [4.69, 9.17) is 4.74 Å². The van der Waals surface area contributed by atoms with E-state index in [0.717, 1.165) is 51.9 Å². The van der Waals surface area contributed by atoms with Crippen LogP contribution in [0.25, 0.3) is 0 Å². The maximum absolute atomic E-state index is 12.2. The van der Waals surface area contributed by atoms with E-state index in [9.17, 15) is 10.1 Å². The van der Waals surface area contributed by atoms with Crippen molar-refractivity contribution in [3.05, 3.63) is 47.7 Å². The third kappa shape index (κ3) is 6.09. The van der Waals surface area contributed by atoms with Crippen molar-refractivity contribution >= 4 is 5.91 Å². The number of hydrogen-bond donors (Lipinski definition) is 2. The van der Waals surface area contributed by atoms with E-state index < -0.39 is 0 Å². The Bertz CT molecular complexity index is 669. The van der Waals surface area contributed by atoms with Gasteiger partial charge in [0.2, 0.25) is 0 Å². The Morgan fingerprint density at radius 1 is 1.26 bits per heavy atom. The summed E-state index contributed by atoms with van der Waals surface area (Å²) in [5.74, 6) is -0.331. The molecule has 2 aliphatic rings. The molecule has 0 bridgehead atoms. The number of amides is 1. The van der Waals surface area contributed by atoms with Gasteiger partial charge >= 0.3 is 0 Å². The van der Waals surface area contributed by atoms with Gasteiger partial charge in [-0.3, -0.25) is 9.69 Å². The molecule has 2 heterocycles. The molecule has 144 valence electrons. The van der Waals surface area contributed by atoms with Crippen LogP contribution in [0.1, 0.15) is 31.2 Å². The molecule has 0 spiro atoms. The highest BCUT2D eigenvalue weighted by Crippen LogP contribution is 2.14. The Morgan fingerprint density at radius 3 is 2.70 bits per heavy atom. The molecular weight excluding hydrogens is 340 g/mol.